The van der Waals surface area contributed by atoms with Crippen LogP contribution < -0.4 is 0 Å². The first-order valence-corrected chi connectivity index (χ1v) is 6.33. The number of aromatic nitrogens is 1. The Bertz CT molecular complexity index is 657. The van der Waals surface area contributed by atoms with Gasteiger partial charge < -0.3 is 0 Å². The highest BCUT2D eigenvalue weighted by Gasteiger charge is 2.13. The molecule has 2 rings (SSSR count). The molecule has 19 heavy (non-hydrogen) atoms. The molecule has 0 aliphatic heterocycles. The van der Waals surface area contributed by atoms with Crippen LogP contribution >= 0.6 is 34.8 Å². The molecule has 0 saturated heterocycles. The van der Waals surface area contributed by atoms with Crippen LogP contribution in [0.4, 0.5) is 4.39 Å². The largest absolute Gasteiger partial charge is 0.220 e. The summed E-state index contributed by atoms with van der Waals surface area (Å²) >= 11 is 17.9. The zero-order valence-electron chi connectivity index (χ0n) is 9.42. The fourth-order valence-corrected chi connectivity index (χ4v) is 2.67. The topological polar surface area (TPSA) is 36.7 Å². The number of pyridine rings is 1. The standard InChI is InChI=1S/C13H6Cl3FN2/c14-8-5-9(15)13(10(16)6-8)11-3-7(1-2-18)4-12(17)19-11/h3-6H,1H2. The molecule has 0 bridgehead atoms. The molecule has 1 aromatic heterocycles. The van der Waals surface area contributed by atoms with Crippen LogP contribution in [0, 0.1) is 17.3 Å². The first kappa shape index (κ1) is 14.1. The van der Waals surface area contributed by atoms with Gasteiger partial charge in [0.05, 0.1) is 28.2 Å². The van der Waals surface area contributed by atoms with E-state index < -0.39 is 5.95 Å². The summed E-state index contributed by atoms with van der Waals surface area (Å²) < 4.78 is 13.4. The van der Waals surface area contributed by atoms with Crippen molar-refractivity contribution in [3.05, 3.63) is 50.8 Å². The Kier molecular flexibility index (Phi) is 4.26. The lowest BCUT2D eigenvalue weighted by atomic mass is 10.1. The molecule has 0 unspecified atom stereocenters. The highest BCUT2D eigenvalue weighted by atomic mass is 35.5. The lowest BCUT2D eigenvalue weighted by Gasteiger charge is -2.08. The molecule has 0 atom stereocenters. The molecule has 6 heteroatoms. The second kappa shape index (κ2) is 5.75. The van der Waals surface area contributed by atoms with Crippen LogP contribution in [0.3, 0.4) is 0 Å². The number of rotatable bonds is 2. The molecule has 0 N–H and O–H groups in total. The first-order valence-electron chi connectivity index (χ1n) is 5.19. The van der Waals surface area contributed by atoms with Crippen molar-refractivity contribution in [3.8, 4) is 17.3 Å². The Labute approximate surface area is 124 Å². The predicted octanol–water partition coefficient (Wildman–Crippen LogP) is 4.91. The van der Waals surface area contributed by atoms with Crippen LogP contribution in [0.15, 0.2) is 24.3 Å². The third-order valence-corrected chi connectivity index (χ3v) is 3.21. The average Bonchev–Trinajstić information content (AvgIpc) is 2.26. The van der Waals surface area contributed by atoms with Crippen molar-refractivity contribution in [1.29, 1.82) is 5.26 Å². The van der Waals surface area contributed by atoms with Gasteiger partial charge in [-0.3, -0.25) is 0 Å². The van der Waals surface area contributed by atoms with E-state index in [4.69, 9.17) is 40.1 Å². The highest BCUT2D eigenvalue weighted by molar-refractivity contribution is 6.41. The van der Waals surface area contributed by atoms with Gasteiger partial charge in [-0.25, -0.2) is 4.98 Å². The Morgan fingerprint density at radius 1 is 1.11 bits per heavy atom. The van der Waals surface area contributed by atoms with E-state index in [1.807, 2.05) is 6.07 Å². The van der Waals surface area contributed by atoms with Crippen LogP contribution in [0.25, 0.3) is 11.3 Å². The molecular formula is C13H6Cl3FN2. The van der Waals surface area contributed by atoms with Crippen molar-refractivity contribution in [3.63, 3.8) is 0 Å². The van der Waals surface area contributed by atoms with Crippen molar-refractivity contribution in [2.45, 2.75) is 6.42 Å². The van der Waals surface area contributed by atoms with Crippen molar-refractivity contribution in [2.24, 2.45) is 0 Å². The van der Waals surface area contributed by atoms with Gasteiger partial charge in [0.25, 0.3) is 0 Å². The van der Waals surface area contributed by atoms with E-state index in [1.165, 1.54) is 18.2 Å². The molecule has 1 aromatic carbocycles. The van der Waals surface area contributed by atoms with Gasteiger partial charge in [-0.15, -0.1) is 0 Å². The van der Waals surface area contributed by atoms with E-state index in [1.54, 1.807) is 6.07 Å². The predicted molar refractivity (Wildman–Crippen MR) is 74.0 cm³/mol. The van der Waals surface area contributed by atoms with Gasteiger partial charge in [0.15, 0.2) is 0 Å². The lowest BCUT2D eigenvalue weighted by Crippen LogP contribution is -1.94. The molecule has 0 spiro atoms. The maximum Gasteiger partial charge on any atom is 0.213 e. The van der Waals surface area contributed by atoms with Gasteiger partial charge >= 0.3 is 0 Å². The van der Waals surface area contributed by atoms with Crippen molar-refractivity contribution >= 4 is 34.8 Å². The number of nitrogens with zero attached hydrogens (tertiary/aromatic N) is 2. The SMILES string of the molecule is N#CCc1cc(F)nc(-c2c(Cl)cc(Cl)cc2Cl)c1. The summed E-state index contributed by atoms with van der Waals surface area (Å²) in [5.41, 5.74) is 1.18. The fourth-order valence-electron chi connectivity index (χ4n) is 1.66. The zero-order chi connectivity index (χ0) is 14.0. The molecule has 0 aliphatic carbocycles. The second-order valence-corrected chi connectivity index (χ2v) is 5.01. The summed E-state index contributed by atoms with van der Waals surface area (Å²) in [5.74, 6) is -0.690. The number of halogens is 4. The van der Waals surface area contributed by atoms with Gasteiger partial charge in [-0.05, 0) is 29.8 Å². The molecule has 0 aliphatic rings. The fraction of sp³-hybridized carbons (Fsp3) is 0.0769. The van der Waals surface area contributed by atoms with E-state index in [0.717, 1.165) is 0 Å². The highest BCUT2D eigenvalue weighted by Crippen LogP contribution is 2.36. The molecule has 1 heterocycles. The summed E-state index contributed by atoms with van der Waals surface area (Å²) in [7, 11) is 0. The van der Waals surface area contributed by atoms with Crippen LogP contribution in [0.2, 0.25) is 15.1 Å². The molecule has 0 amide bonds. The van der Waals surface area contributed by atoms with Crippen LogP contribution in [-0.4, -0.2) is 4.98 Å². The van der Waals surface area contributed by atoms with Gasteiger partial charge in [0.2, 0.25) is 5.95 Å². The minimum atomic E-state index is -0.690. The molecule has 2 nitrogen and oxygen atoms in total. The Morgan fingerprint density at radius 2 is 1.74 bits per heavy atom. The molecule has 2 aromatic rings. The Hall–Kier alpha value is -1.34. The molecular weight excluding hydrogens is 310 g/mol. The van der Waals surface area contributed by atoms with Crippen molar-refractivity contribution in [1.82, 2.24) is 4.98 Å². The summed E-state index contributed by atoms with van der Waals surface area (Å²) in [5, 5.41) is 9.59. The molecule has 0 saturated carbocycles. The minimum absolute atomic E-state index is 0.0786. The van der Waals surface area contributed by atoms with Crippen LogP contribution in [0.1, 0.15) is 5.56 Å². The lowest BCUT2D eigenvalue weighted by molar-refractivity contribution is 0.583. The van der Waals surface area contributed by atoms with Gasteiger partial charge in [0.1, 0.15) is 0 Å². The maximum absolute atomic E-state index is 13.4. The molecule has 0 radical (unpaired) electrons. The number of hydrogen-bond donors (Lipinski definition) is 0. The smallest absolute Gasteiger partial charge is 0.213 e. The third-order valence-electron chi connectivity index (χ3n) is 2.40. The van der Waals surface area contributed by atoms with Gasteiger partial charge in [0, 0.05) is 10.6 Å². The normalized spacial score (nSPS) is 10.3. The van der Waals surface area contributed by atoms with Crippen molar-refractivity contribution < 1.29 is 4.39 Å². The second-order valence-electron chi connectivity index (χ2n) is 3.76. The zero-order valence-corrected chi connectivity index (χ0v) is 11.7. The minimum Gasteiger partial charge on any atom is -0.220 e. The summed E-state index contributed by atoms with van der Waals surface area (Å²) in [6, 6.07) is 7.72. The van der Waals surface area contributed by atoms with E-state index >= 15 is 0 Å². The number of hydrogen-bond acceptors (Lipinski definition) is 2. The summed E-state index contributed by atoms with van der Waals surface area (Å²) in [4.78, 5) is 3.75. The molecule has 96 valence electrons. The van der Waals surface area contributed by atoms with Crippen LogP contribution in [-0.2, 0) is 6.42 Å². The summed E-state index contributed by atoms with van der Waals surface area (Å²) in [6.07, 6.45) is 0.0786. The number of benzene rings is 1. The van der Waals surface area contributed by atoms with E-state index in [9.17, 15) is 4.39 Å². The maximum atomic E-state index is 13.4. The molecule has 0 fully saturated rings. The van der Waals surface area contributed by atoms with Crippen molar-refractivity contribution in [2.75, 3.05) is 0 Å². The van der Waals surface area contributed by atoms with E-state index in [-0.39, 0.29) is 22.2 Å². The first-order chi connectivity index (χ1) is 9.01. The summed E-state index contributed by atoms with van der Waals surface area (Å²) in [6.45, 7) is 0. The Morgan fingerprint density at radius 3 is 2.32 bits per heavy atom. The van der Waals surface area contributed by atoms with E-state index in [2.05, 4.69) is 4.98 Å². The Balaban J connectivity index is 2.62. The number of nitriles is 1. The quantitative estimate of drug-likeness (QED) is 0.738. The third kappa shape index (κ3) is 3.16. The van der Waals surface area contributed by atoms with Gasteiger partial charge in [-0.2, -0.15) is 9.65 Å². The monoisotopic (exact) mass is 314 g/mol. The average molecular weight is 316 g/mol. The van der Waals surface area contributed by atoms with Gasteiger partial charge in [-0.1, -0.05) is 34.8 Å². The van der Waals surface area contributed by atoms with E-state index in [0.29, 0.717) is 16.1 Å². The van der Waals surface area contributed by atoms with Crippen LogP contribution in [0.5, 0.6) is 0 Å².